The van der Waals surface area contributed by atoms with E-state index in [2.05, 4.69) is 25.5 Å². The highest BCUT2D eigenvalue weighted by Gasteiger charge is 2.10. The van der Waals surface area contributed by atoms with Crippen LogP contribution in [0.2, 0.25) is 0 Å². The van der Waals surface area contributed by atoms with Gasteiger partial charge >= 0.3 is 0 Å². The normalized spacial score (nSPS) is 10.4. The molecule has 1 aromatic carbocycles. The number of pyridine rings is 2. The smallest absolute Gasteiger partial charge is 0.274 e. The molecule has 3 heterocycles. The second kappa shape index (κ2) is 8.17. The van der Waals surface area contributed by atoms with Crippen LogP contribution < -0.4 is 14.8 Å². The molecule has 0 fully saturated rings. The third kappa shape index (κ3) is 4.35. The second-order valence-corrected chi connectivity index (χ2v) is 5.87. The number of anilines is 1. The molecule has 0 bridgehead atoms. The molecule has 9 heteroatoms. The van der Waals surface area contributed by atoms with Gasteiger partial charge in [0.2, 0.25) is 5.88 Å². The first-order valence-corrected chi connectivity index (χ1v) is 8.62. The largest absolute Gasteiger partial charge is 0.497 e. The minimum absolute atomic E-state index is 0.257. The molecule has 0 radical (unpaired) electrons. The van der Waals surface area contributed by atoms with Crippen LogP contribution in [0.3, 0.4) is 0 Å². The highest BCUT2D eigenvalue weighted by Crippen LogP contribution is 2.24. The van der Waals surface area contributed by atoms with Crippen molar-refractivity contribution in [3.63, 3.8) is 0 Å². The van der Waals surface area contributed by atoms with E-state index in [4.69, 9.17) is 9.47 Å². The highest BCUT2D eigenvalue weighted by molar-refractivity contribution is 6.02. The number of carbonyl (C=O) groups excluding carboxylic acids is 1. The van der Waals surface area contributed by atoms with Gasteiger partial charge in [-0.2, -0.15) is 0 Å². The maximum atomic E-state index is 12.5. The van der Waals surface area contributed by atoms with Crippen LogP contribution in [-0.4, -0.2) is 37.7 Å². The van der Waals surface area contributed by atoms with Gasteiger partial charge in [0.25, 0.3) is 5.91 Å². The fourth-order valence-electron chi connectivity index (χ4n) is 2.51. The van der Waals surface area contributed by atoms with E-state index >= 15 is 0 Å². The first kappa shape index (κ1) is 18.1. The van der Waals surface area contributed by atoms with Crippen molar-refractivity contribution >= 4 is 11.6 Å². The summed E-state index contributed by atoms with van der Waals surface area (Å²) in [5, 5.41) is 10.2. The van der Waals surface area contributed by atoms with Crippen molar-refractivity contribution in [3.8, 4) is 23.2 Å². The molecule has 0 saturated heterocycles. The minimum Gasteiger partial charge on any atom is -0.497 e. The van der Waals surface area contributed by atoms with Crippen LogP contribution in [0.15, 0.2) is 73.4 Å². The van der Waals surface area contributed by atoms with Crippen LogP contribution in [0.25, 0.3) is 5.82 Å². The van der Waals surface area contributed by atoms with Crippen molar-refractivity contribution in [1.29, 1.82) is 0 Å². The lowest BCUT2D eigenvalue weighted by Gasteiger charge is -2.08. The molecule has 0 aliphatic rings. The SMILES string of the molecule is COc1cccc(Oc2ccc(NC(=O)c3cccc(-n4cnnc4)n3)cn2)c1. The van der Waals surface area contributed by atoms with Gasteiger partial charge in [-0.25, -0.2) is 9.97 Å². The number of nitrogens with one attached hydrogen (secondary N) is 1. The van der Waals surface area contributed by atoms with Crippen LogP contribution in [0.4, 0.5) is 5.69 Å². The number of nitrogens with zero attached hydrogens (tertiary/aromatic N) is 5. The quantitative estimate of drug-likeness (QED) is 0.541. The average molecular weight is 388 g/mol. The van der Waals surface area contributed by atoms with Crippen LogP contribution in [0, 0.1) is 0 Å². The molecule has 1 N–H and O–H groups in total. The zero-order valence-corrected chi connectivity index (χ0v) is 15.4. The summed E-state index contributed by atoms with van der Waals surface area (Å²) in [6, 6.07) is 15.7. The van der Waals surface area contributed by atoms with E-state index in [-0.39, 0.29) is 11.6 Å². The second-order valence-electron chi connectivity index (χ2n) is 5.87. The van der Waals surface area contributed by atoms with Crippen molar-refractivity contribution in [1.82, 2.24) is 24.7 Å². The lowest BCUT2D eigenvalue weighted by molar-refractivity contribution is 0.102. The Bertz CT molecular complexity index is 1110. The Hall–Kier alpha value is -4.27. The van der Waals surface area contributed by atoms with Gasteiger partial charge in [0, 0.05) is 12.1 Å². The summed E-state index contributed by atoms with van der Waals surface area (Å²) in [5.74, 6) is 1.87. The van der Waals surface area contributed by atoms with E-state index in [1.54, 1.807) is 54.1 Å². The molecular formula is C20H16N6O3. The molecule has 29 heavy (non-hydrogen) atoms. The maximum absolute atomic E-state index is 12.5. The van der Waals surface area contributed by atoms with E-state index in [9.17, 15) is 4.79 Å². The number of ether oxygens (including phenoxy) is 2. The molecule has 0 aliphatic heterocycles. The van der Waals surface area contributed by atoms with Gasteiger partial charge < -0.3 is 14.8 Å². The number of carbonyl (C=O) groups is 1. The molecule has 3 aromatic heterocycles. The van der Waals surface area contributed by atoms with Crippen molar-refractivity contribution in [2.45, 2.75) is 0 Å². The predicted octanol–water partition coefficient (Wildman–Crippen LogP) is 3.11. The average Bonchev–Trinajstić information content (AvgIpc) is 3.30. The van der Waals surface area contributed by atoms with E-state index < -0.39 is 0 Å². The summed E-state index contributed by atoms with van der Waals surface area (Å²) in [6.45, 7) is 0. The summed E-state index contributed by atoms with van der Waals surface area (Å²) in [4.78, 5) is 21.0. The fourth-order valence-corrected chi connectivity index (χ4v) is 2.51. The van der Waals surface area contributed by atoms with E-state index in [0.717, 1.165) is 0 Å². The Morgan fingerprint density at radius 3 is 2.55 bits per heavy atom. The van der Waals surface area contributed by atoms with Gasteiger partial charge in [0.15, 0.2) is 0 Å². The van der Waals surface area contributed by atoms with E-state index in [0.29, 0.717) is 28.9 Å². The molecule has 4 aromatic rings. The van der Waals surface area contributed by atoms with Gasteiger partial charge in [-0.1, -0.05) is 12.1 Å². The van der Waals surface area contributed by atoms with Gasteiger partial charge in [0.1, 0.15) is 35.7 Å². The number of rotatable bonds is 6. The Morgan fingerprint density at radius 1 is 1.00 bits per heavy atom. The topological polar surface area (TPSA) is 104 Å². The summed E-state index contributed by atoms with van der Waals surface area (Å²) < 4.78 is 12.5. The standard InChI is InChI=1S/C20H16N6O3/c1-28-15-4-2-5-16(10-15)29-19-9-8-14(11-21-19)24-20(27)17-6-3-7-18(25-17)26-12-22-23-13-26/h2-13H,1H3,(H,24,27). The number of amides is 1. The van der Waals surface area contributed by atoms with Crippen molar-refractivity contribution in [3.05, 3.63) is 79.1 Å². The van der Waals surface area contributed by atoms with Crippen LogP contribution >= 0.6 is 0 Å². The molecule has 144 valence electrons. The molecular weight excluding hydrogens is 372 g/mol. The third-order valence-electron chi connectivity index (χ3n) is 3.91. The lowest BCUT2D eigenvalue weighted by Crippen LogP contribution is -2.14. The number of methoxy groups -OCH3 is 1. The van der Waals surface area contributed by atoms with Crippen LogP contribution in [-0.2, 0) is 0 Å². The zero-order chi connectivity index (χ0) is 20.1. The van der Waals surface area contributed by atoms with Crippen molar-refractivity contribution in [2.24, 2.45) is 0 Å². The maximum Gasteiger partial charge on any atom is 0.274 e. The highest BCUT2D eigenvalue weighted by atomic mass is 16.5. The van der Waals surface area contributed by atoms with Crippen molar-refractivity contribution in [2.75, 3.05) is 12.4 Å². The zero-order valence-electron chi connectivity index (χ0n) is 15.4. The van der Waals surface area contributed by atoms with Crippen LogP contribution in [0.5, 0.6) is 17.4 Å². The van der Waals surface area contributed by atoms with Gasteiger partial charge in [0.05, 0.1) is 19.0 Å². The first-order valence-electron chi connectivity index (χ1n) is 8.62. The molecule has 0 saturated carbocycles. The molecule has 9 nitrogen and oxygen atoms in total. The number of aromatic nitrogens is 5. The Labute approximate surface area is 166 Å². The van der Waals surface area contributed by atoms with Gasteiger partial charge in [-0.3, -0.25) is 9.36 Å². The Morgan fingerprint density at radius 2 is 1.79 bits per heavy atom. The fraction of sp³-hybridized carbons (Fsp3) is 0.0500. The Balaban J connectivity index is 1.43. The summed E-state index contributed by atoms with van der Waals surface area (Å²) in [5.41, 5.74) is 0.775. The molecule has 0 aliphatic carbocycles. The third-order valence-corrected chi connectivity index (χ3v) is 3.91. The van der Waals surface area contributed by atoms with E-state index in [1.165, 1.54) is 18.9 Å². The first-order chi connectivity index (χ1) is 14.2. The molecule has 0 atom stereocenters. The monoisotopic (exact) mass is 388 g/mol. The summed E-state index contributed by atoms with van der Waals surface area (Å²) in [7, 11) is 1.59. The number of hydrogen-bond acceptors (Lipinski definition) is 7. The summed E-state index contributed by atoms with van der Waals surface area (Å²) >= 11 is 0. The minimum atomic E-state index is -0.358. The van der Waals surface area contributed by atoms with Gasteiger partial charge in [-0.05, 0) is 30.3 Å². The predicted molar refractivity (Wildman–Crippen MR) is 104 cm³/mol. The van der Waals surface area contributed by atoms with Crippen LogP contribution in [0.1, 0.15) is 10.5 Å². The molecule has 0 unspecified atom stereocenters. The number of benzene rings is 1. The van der Waals surface area contributed by atoms with Crippen molar-refractivity contribution < 1.29 is 14.3 Å². The van der Waals surface area contributed by atoms with Gasteiger partial charge in [-0.15, -0.1) is 10.2 Å². The lowest BCUT2D eigenvalue weighted by atomic mass is 10.3. The molecule has 0 spiro atoms. The summed E-state index contributed by atoms with van der Waals surface area (Å²) in [6.07, 6.45) is 4.53. The number of hydrogen-bond donors (Lipinski definition) is 1. The van der Waals surface area contributed by atoms with E-state index in [1.807, 2.05) is 12.1 Å². The Kier molecular flexibility index (Phi) is 5.10. The molecule has 1 amide bonds. The molecule has 4 rings (SSSR count).